The lowest BCUT2D eigenvalue weighted by atomic mass is 9.88. The maximum absolute atomic E-state index is 11.5. The van der Waals surface area contributed by atoms with Crippen molar-refractivity contribution < 1.29 is 39.6 Å². The van der Waals surface area contributed by atoms with E-state index in [1.165, 1.54) is 22.3 Å². The molecule has 0 heterocycles. The van der Waals surface area contributed by atoms with E-state index in [0.29, 0.717) is 12.1 Å². The van der Waals surface area contributed by atoms with Crippen molar-refractivity contribution in [2.75, 3.05) is 0 Å². The summed E-state index contributed by atoms with van der Waals surface area (Å²) in [5, 5.41) is 37.6. The summed E-state index contributed by atoms with van der Waals surface area (Å²) < 4.78 is 0. The molecular weight excluding hydrogens is 901 g/mol. The van der Waals surface area contributed by atoms with Crippen LogP contribution in [0.4, 0.5) is 0 Å². The van der Waals surface area contributed by atoms with Gasteiger partial charge < -0.3 is 20.4 Å². The van der Waals surface area contributed by atoms with Crippen LogP contribution < -0.4 is 0 Å². The van der Waals surface area contributed by atoms with Gasteiger partial charge in [0, 0.05) is 38.3 Å². The molecule has 1 saturated carbocycles. The molecule has 1 fully saturated rings. The number of hydrogen-bond acceptors (Lipinski definition) is 6. The Morgan fingerprint density at radius 3 is 0.583 bits per heavy atom. The van der Waals surface area contributed by atoms with Crippen LogP contribution in [0.1, 0.15) is 89.4 Å². The molecule has 10 heteroatoms. The Morgan fingerprint density at radius 1 is 0.278 bits per heavy atom. The average molecular weight is 955 g/mol. The number of rotatable bonds is 18. The lowest BCUT2D eigenvalue weighted by molar-refractivity contribution is 0.0686. The van der Waals surface area contributed by atoms with E-state index in [4.69, 9.17) is 0 Å². The molecule has 0 saturated heterocycles. The Kier molecular flexibility index (Phi) is 14.9. The summed E-state index contributed by atoms with van der Waals surface area (Å²) in [6, 6.07) is 62.5. The van der Waals surface area contributed by atoms with Gasteiger partial charge in [-0.15, -0.1) is 0 Å². The summed E-state index contributed by atoms with van der Waals surface area (Å²) in [6.45, 7) is 2.97. The molecule has 0 aromatic heterocycles. The van der Waals surface area contributed by atoms with E-state index in [2.05, 4.69) is 107 Å². The van der Waals surface area contributed by atoms with Crippen molar-refractivity contribution in [2.45, 2.75) is 63.9 Å². The Labute approximate surface area is 418 Å². The highest BCUT2D eigenvalue weighted by Gasteiger charge is 2.30. The number of carboxylic acids is 4. The van der Waals surface area contributed by atoms with Gasteiger partial charge in [-0.25, -0.2) is 19.2 Å². The van der Waals surface area contributed by atoms with Gasteiger partial charge in [0.15, 0.2) is 0 Å². The number of nitrogens with zero attached hydrogens (tertiary/aromatic N) is 2. The minimum absolute atomic E-state index is 0.253. The first kappa shape index (κ1) is 48.6. The molecule has 0 spiro atoms. The fourth-order valence-electron chi connectivity index (χ4n) is 9.79. The molecule has 4 N–H and O–H groups in total. The van der Waals surface area contributed by atoms with Crippen molar-refractivity contribution in [3.8, 4) is 44.5 Å². The normalized spacial score (nSPS) is 14.5. The molecule has 1 aliphatic carbocycles. The van der Waals surface area contributed by atoms with Crippen LogP contribution in [0.5, 0.6) is 0 Å². The molecule has 9 rings (SSSR count). The van der Waals surface area contributed by atoms with Gasteiger partial charge in [-0.2, -0.15) is 0 Å². The highest BCUT2D eigenvalue weighted by Crippen LogP contribution is 2.33. The lowest BCUT2D eigenvalue weighted by Crippen LogP contribution is -2.43. The van der Waals surface area contributed by atoms with Crippen molar-refractivity contribution in [1.82, 2.24) is 9.80 Å². The van der Waals surface area contributed by atoms with Gasteiger partial charge in [-0.05, 0) is 141 Å². The van der Waals surface area contributed by atoms with Crippen LogP contribution in [0, 0.1) is 0 Å². The Bertz CT molecular complexity index is 2720. The number of benzene rings is 8. The summed E-state index contributed by atoms with van der Waals surface area (Å²) >= 11 is 0. The second kappa shape index (κ2) is 22.1. The number of carboxylic acid groups (broad SMARTS) is 4. The monoisotopic (exact) mass is 954 g/mol. The average Bonchev–Trinajstić information content (AvgIpc) is 3.41. The molecule has 10 nitrogen and oxygen atoms in total. The van der Waals surface area contributed by atoms with Gasteiger partial charge in [0.05, 0.1) is 22.3 Å². The third kappa shape index (κ3) is 11.9. The van der Waals surface area contributed by atoms with E-state index in [-0.39, 0.29) is 22.3 Å². The van der Waals surface area contributed by atoms with Crippen LogP contribution in [0.2, 0.25) is 0 Å². The first-order valence-corrected chi connectivity index (χ1v) is 24.1. The van der Waals surface area contributed by atoms with Crippen molar-refractivity contribution in [1.29, 1.82) is 0 Å². The van der Waals surface area contributed by atoms with Gasteiger partial charge in [0.2, 0.25) is 0 Å². The molecule has 0 atom stereocenters. The van der Waals surface area contributed by atoms with E-state index in [1.54, 1.807) is 48.5 Å². The van der Waals surface area contributed by atoms with Crippen LogP contribution in [0.25, 0.3) is 44.5 Å². The van der Waals surface area contributed by atoms with Gasteiger partial charge in [-0.1, -0.05) is 146 Å². The molecule has 8 aromatic rings. The number of carbonyl (C=O) groups is 4. The zero-order chi connectivity index (χ0) is 50.1. The smallest absolute Gasteiger partial charge is 0.335 e. The SMILES string of the molecule is O=C(O)c1ccc(-c2ccc(CN(Cc3ccc(-c4ccc(C(=O)O)cc4)cc3)C3CCC(N(Cc4ccc(-c5ccc(C(=O)O)cc5)cc4)Cc4ccc(-c5ccc(C(=O)O)cc5)cc4)CC3)cc2)cc1. The second-order valence-electron chi connectivity index (χ2n) is 18.6. The molecule has 0 unspecified atom stereocenters. The topological polar surface area (TPSA) is 156 Å². The summed E-state index contributed by atoms with van der Waals surface area (Å²) in [5.41, 5.74) is 13.6. The zero-order valence-electron chi connectivity index (χ0n) is 39.6. The van der Waals surface area contributed by atoms with E-state index in [1.807, 2.05) is 48.5 Å². The Morgan fingerprint density at radius 2 is 0.431 bits per heavy atom. The minimum Gasteiger partial charge on any atom is -0.478 e. The molecule has 72 heavy (non-hydrogen) atoms. The van der Waals surface area contributed by atoms with Crippen LogP contribution in [0.3, 0.4) is 0 Å². The van der Waals surface area contributed by atoms with Crippen LogP contribution in [-0.2, 0) is 26.2 Å². The maximum atomic E-state index is 11.5. The van der Waals surface area contributed by atoms with E-state index in [9.17, 15) is 39.6 Å². The first-order chi connectivity index (χ1) is 34.9. The van der Waals surface area contributed by atoms with Gasteiger partial charge in [0.25, 0.3) is 0 Å². The predicted octanol–water partition coefficient (Wildman–Crippen LogP) is 13.2. The first-order valence-electron chi connectivity index (χ1n) is 24.1. The summed E-state index contributed by atoms with van der Waals surface area (Å²) in [5.74, 6) is -3.80. The van der Waals surface area contributed by atoms with Crippen LogP contribution >= 0.6 is 0 Å². The fraction of sp³-hybridized carbons (Fsp3) is 0.161. The number of aromatic carboxylic acids is 4. The third-order valence-corrected chi connectivity index (χ3v) is 13.9. The minimum atomic E-state index is -0.951. The molecule has 0 radical (unpaired) electrons. The van der Waals surface area contributed by atoms with Crippen LogP contribution in [-0.4, -0.2) is 66.2 Å². The van der Waals surface area contributed by atoms with Gasteiger partial charge in [0.1, 0.15) is 0 Å². The maximum Gasteiger partial charge on any atom is 0.335 e. The van der Waals surface area contributed by atoms with E-state index < -0.39 is 23.9 Å². The summed E-state index contributed by atoms with van der Waals surface area (Å²) in [4.78, 5) is 51.1. The molecule has 1 aliphatic rings. The molecular formula is C62H54N2O8. The molecule has 360 valence electrons. The van der Waals surface area contributed by atoms with Crippen molar-refractivity contribution in [2.24, 2.45) is 0 Å². The van der Waals surface area contributed by atoms with E-state index in [0.717, 1.165) is 96.4 Å². The summed E-state index contributed by atoms with van der Waals surface area (Å²) in [6.07, 6.45) is 4.00. The molecule has 0 amide bonds. The molecule has 8 aromatic carbocycles. The lowest BCUT2D eigenvalue weighted by Gasteiger charge is -2.41. The predicted molar refractivity (Wildman–Crippen MR) is 280 cm³/mol. The van der Waals surface area contributed by atoms with Gasteiger partial charge in [-0.3, -0.25) is 9.80 Å². The summed E-state index contributed by atoms with van der Waals surface area (Å²) in [7, 11) is 0. The second-order valence-corrected chi connectivity index (χ2v) is 18.6. The molecule has 0 aliphatic heterocycles. The fourth-order valence-corrected chi connectivity index (χ4v) is 9.79. The third-order valence-electron chi connectivity index (χ3n) is 13.9. The van der Waals surface area contributed by atoms with Crippen molar-refractivity contribution >= 4 is 23.9 Å². The number of hydrogen-bond donors (Lipinski definition) is 4. The van der Waals surface area contributed by atoms with Crippen molar-refractivity contribution in [3.05, 3.63) is 239 Å². The highest BCUT2D eigenvalue weighted by atomic mass is 16.4. The molecule has 0 bridgehead atoms. The zero-order valence-corrected chi connectivity index (χ0v) is 39.6. The standard InChI is InChI=1S/C62H54N2O8/c65-59(66)53-25-17-49(18-26-53)45-9-1-41(2-10-45)37-63(38-42-3-11-46(12-4-42)50-19-27-54(28-20-50)60(67)68)57-33-35-58(36-34-57)64(39-43-5-13-47(14-6-43)51-21-29-55(30-22-51)61(69)70)40-44-7-15-48(16-8-44)52-23-31-56(32-24-52)62(71)72/h1-32,57-58H,33-40H2,(H,65,66)(H,67,68)(H,69,70)(H,71,72). The largest absolute Gasteiger partial charge is 0.478 e. The Hall–Kier alpha value is -8.44. The Balaban J connectivity index is 0.943. The highest BCUT2D eigenvalue weighted by molar-refractivity contribution is 5.90. The van der Waals surface area contributed by atoms with E-state index >= 15 is 0 Å². The van der Waals surface area contributed by atoms with Gasteiger partial charge >= 0.3 is 23.9 Å². The van der Waals surface area contributed by atoms with Crippen molar-refractivity contribution in [3.63, 3.8) is 0 Å². The quantitative estimate of drug-likeness (QED) is 0.0653. The van der Waals surface area contributed by atoms with Crippen LogP contribution in [0.15, 0.2) is 194 Å².